The van der Waals surface area contributed by atoms with Crippen LogP contribution in [-0.2, 0) is 27.8 Å². The van der Waals surface area contributed by atoms with Crippen LogP contribution in [0, 0.1) is 0 Å². The minimum Gasteiger partial charge on any atom is -0.481 e. The Kier molecular flexibility index (Phi) is 5.20. The first-order chi connectivity index (χ1) is 13.1. The number of methoxy groups -OCH3 is 1. The maximum atomic E-state index is 12.7. The third-order valence-corrected chi connectivity index (χ3v) is 5.61. The van der Waals surface area contributed by atoms with Crippen molar-refractivity contribution >= 4 is 21.6 Å². The molecule has 0 fully saturated rings. The van der Waals surface area contributed by atoms with E-state index in [0.717, 1.165) is 0 Å². The molecule has 0 spiro atoms. The fraction of sp³-hybridized carbons (Fsp3) is 0.294. The second-order valence-electron chi connectivity index (χ2n) is 6.10. The second-order valence-corrected chi connectivity index (χ2v) is 7.78. The molecule has 11 heteroatoms. The van der Waals surface area contributed by atoms with Gasteiger partial charge in [0, 0.05) is 19.2 Å². The van der Waals surface area contributed by atoms with Crippen LogP contribution in [0.2, 0.25) is 0 Å². The molecule has 1 aromatic heterocycles. The topological polar surface area (TPSA) is 88.6 Å². The number of aromatic nitrogens is 1. The van der Waals surface area contributed by atoms with E-state index in [2.05, 4.69) is 9.71 Å². The minimum atomic E-state index is -4.97. The van der Waals surface area contributed by atoms with Crippen molar-refractivity contribution in [1.82, 2.24) is 9.88 Å². The predicted molar refractivity (Wildman–Crippen MR) is 93.2 cm³/mol. The zero-order chi connectivity index (χ0) is 20.5. The molecule has 0 unspecified atom stereocenters. The lowest BCUT2D eigenvalue weighted by atomic mass is 10.00. The zero-order valence-electron chi connectivity index (χ0n) is 14.7. The van der Waals surface area contributed by atoms with E-state index in [9.17, 15) is 26.4 Å². The van der Waals surface area contributed by atoms with Crippen LogP contribution in [0.15, 0.2) is 41.4 Å². The van der Waals surface area contributed by atoms with Gasteiger partial charge in [-0.2, -0.15) is 13.2 Å². The minimum absolute atomic E-state index is 0.0762. The monoisotopic (exact) mass is 415 g/mol. The highest BCUT2D eigenvalue weighted by Crippen LogP contribution is 2.27. The Morgan fingerprint density at radius 3 is 2.57 bits per heavy atom. The molecule has 28 heavy (non-hydrogen) atoms. The number of hydrogen-bond donors (Lipinski definition) is 1. The van der Waals surface area contributed by atoms with Gasteiger partial charge in [0.2, 0.25) is 5.88 Å². The van der Waals surface area contributed by atoms with E-state index in [1.165, 1.54) is 37.6 Å². The summed E-state index contributed by atoms with van der Waals surface area (Å²) in [6.45, 7) is -0.381. The van der Waals surface area contributed by atoms with E-state index in [-0.39, 0.29) is 30.1 Å². The van der Waals surface area contributed by atoms with E-state index >= 15 is 0 Å². The Labute approximate surface area is 159 Å². The number of sulfonamides is 1. The number of fused-ring (bicyclic) bond motifs is 1. The van der Waals surface area contributed by atoms with Crippen LogP contribution in [0.1, 0.15) is 11.1 Å². The van der Waals surface area contributed by atoms with E-state index in [4.69, 9.17) is 4.74 Å². The molecule has 3 rings (SSSR count). The maximum Gasteiger partial charge on any atom is 0.471 e. The van der Waals surface area contributed by atoms with Crippen molar-refractivity contribution in [3.63, 3.8) is 0 Å². The normalized spacial score (nSPS) is 14.4. The third kappa shape index (κ3) is 4.19. The average Bonchev–Trinajstić information content (AvgIpc) is 2.66. The van der Waals surface area contributed by atoms with Gasteiger partial charge < -0.3 is 9.64 Å². The number of nitrogens with one attached hydrogen (secondary N) is 1. The summed E-state index contributed by atoms with van der Waals surface area (Å²) in [5, 5.41) is 0. The molecule has 0 radical (unpaired) electrons. The van der Waals surface area contributed by atoms with Gasteiger partial charge in [-0.15, -0.1) is 0 Å². The number of carbonyl (C=O) groups is 1. The van der Waals surface area contributed by atoms with E-state index in [0.29, 0.717) is 21.9 Å². The van der Waals surface area contributed by atoms with Gasteiger partial charge in [-0.1, -0.05) is 6.07 Å². The molecule has 1 amide bonds. The molecular formula is C17H16F3N3O4S. The summed E-state index contributed by atoms with van der Waals surface area (Å²) < 4.78 is 70.4. The van der Waals surface area contributed by atoms with Gasteiger partial charge in [0.25, 0.3) is 10.0 Å². The summed E-state index contributed by atoms with van der Waals surface area (Å²) in [5.41, 5.74) is 1.27. The zero-order valence-corrected chi connectivity index (χ0v) is 15.5. The Balaban J connectivity index is 1.83. The number of nitrogens with zero attached hydrogens (tertiary/aromatic N) is 2. The highest BCUT2D eigenvalue weighted by molar-refractivity contribution is 7.92. The number of carbonyl (C=O) groups excluding carboxylic acids is 1. The van der Waals surface area contributed by atoms with Gasteiger partial charge in [-0.25, -0.2) is 13.4 Å². The number of amides is 1. The van der Waals surface area contributed by atoms with Gasteiger partial charge in [0.05, 0.1) is 23.9 Å². The molecule has 0 aliphatic carbocycles. The number of rotatable bonds is 4. The van der Waals surface area contributed by atoms with Crippen molar-refractivity contribution in [2.75, 3.05) is 18.4 Å². The molecular weight excluding hydrogens is 399 g/mol. The maximum absolute atomic E-state index is 12.7. The number of anilines is 1. The molecule has 2 aromatic rings. The fourth-order valence-electron chi connectivity index (χ4n) is 2.83. The van der Waals surface area contributed by atoms with Gasteiger partial charge in [-0.05, 0) is 35.7 Å². The molecule has 0 saturated carbocycles. The van der Waals surface area contributed by atoms with Crippen molar-refractivity contribution in [1.29, 1.82) is 0 Å². The number of ether oxygens (including phenoxy) is 1. The molecule has 7 nitrogen and oxygen atoms in total. The third-order valence-electron chi connectivity index (χ3n) is 4.23. The molecule has 1 aliphatic heterocycles. The summed E-state index contributed by atoms with van der Waals surface area (Å²) in [6.07, 6.45) is -3.48. The van der Waals surface area contributed by atoms with E-state index < -0.39 is 22.1 Å². The van der Waals surface area contributed by atoms with Crippen LogP contribution in [0.25, 0.3) is 0 Å². The lowest BCUT2D eigenvalue weighted by molar-refractivity contribution is -0.186. The number of benzene rings is 1. The van der Waals surface area contributed by atoms with Crippen LogP contribution < -0.4 is 9.46 Å². The van der Waals surface area contributed by atoms with Crippen LogP contribution in [0.4, 0.5) is 18.9 Å². The van der Waals surface area contributed by atoms with Crippen molar-refractivity contribution in [3.8, 4) is 5.88 Å². The van der Waals surface area contributed by atoms with E-state index in [1.54, 1.807) is 6.07 Å². The smallest absolute Gasteiger partial charge is 0.471 e. The molecule has 2 heterocycles. The van der Waals surface area contributed by atoms with Gasteiger partial charge in [0.15, 0.2) is 0 Å². The lowest BCUT2D eigenvalue weighted by Gasteiger charge is -2.29. The average molecular weight is 415 g/mol. The molecule has 1 N–H and O–H groups in total. The van der Waals surface area contributed by atoms with Crippen molar-refractivity contribution in [2.45, 2.75) is 24.0 Å². The quantitative estimate of drug-likeness (QED) is 0.828. The van der Waals surface area contributed by atoms with Crippen LogP contribution in [0.5, 0.6) is 5.88 Å². The number of pyridine rings is 1. The number of alkyl halides is 3. The lowest BCUT2D eigenvalue weighted by Crippen LogP contribution is -2.43. The summed E-state index contributed by atoms with van der Waals surface area (Å²) in [6, 6.07) is 7.15. The van der Waals surface area contributed by atoms with Gasteiger partial charge >= 0.3 is 12.1 Å². The molecule has 150 valence electrons. The van der Waals surface area contributed by atoms with Gasteiger partial charge in [-0.3, -0.25) is 9.52 Å². The van der Waals surface area contributed by atoms with Crippen LogP contribution in [-0.4, -0.2) is 44.0 Å². The largest absolute Gasteiger partial charge is 0.481 e. The summed E-state index contributed by atoms with van der Waals surface area (Å²) in [4.78, 5) is 15.9. The second kappa shape index (κ2) is 7.30. The van der Waals surface area contributed by atoms with Crippen LogP contribution >= 0.6 is 0 Å². The Morgan fingerprint density at radius 1 is 1.21 bits per heavy atom. The van der Waals surface area contributed by atoms with Gasteiger partial charge in [0.1, 0.15) is 0 Å². The van der Waals surface area contributed by atoms with Crippen molar-refractivity contribution in [3.05, 3.63) is 47.7 Å². The molecule has 0 bridgehead atoms. The standard InChI is InChI=1S/C17H16F3N3O4S/c1-27-15-5-3-13(9-21-15)22-28(25,26)14-4-2-11-6-7-23(10-12(11)8-14)16(24)17(18,19)20/h2-5,8-9,22H,6-7,10H2,1H3. The Morgan fingerprint density at radius 2 is 1.96 bits per heavy atom. The summed E-state index contributed by atoms with van der Waals surface area (Å²) in [5.74, 6) is -1.63. The van der Waals surface area contributed by atoms with Crippen molar-refractivity contribution < 1.29 is 31.1 Å². The SMILES string of the molecule is COc1ccc(NS(=O)(=O)c2ccc3c(c2)CN(C(=O)C(F)(F)F)CC3)cn1. The number of hydrogen-bond acceptors (Lipinski definition) is 5. The van der Waals surface area contributed by atoms with Crippen LogP contribution in [0.3, 0.4) is 0 Å². The Hall–Kier alpha value is -2.82. The molecule has 0 atom stereocenters. The fourth-order valence-corrected chi connectivity index (χ4v) is 3.92. The molecule has 0 saturated heterocycles. The highest BCUT2D eigenvalue weighted by Gasteiger charge is 2.43. The number of halogens is 3. The first-order valence-corrected chi connectivity index (χ1v) is 9.59. The summed E-state index contributed by atoms with van der Waals surface area (Å²) >= 11 is 0. The first kappa shape index (κ1) is 19.9. The molecule has 1 aromatic carbocycles. The predicted octanol–water partition coefficient (Wildman–Crippen LogP) is 2.34. The molecule has 1 aliphatic rings. The van der Waals surface area contributed by atoms with E-state index in [1.807, 2.05) is 0 Å². The summed E-state index contributed by atoms with van der Waals surface area (Å²) in [7, 11) is -2.57. The first-order valence-electron chi connectivity index (χ1n) is 8.11. The highest BCUT2D eigenvalue weighted by atomic mass is 32.2. The van der Waals surface area contributed by atoms with Crippen molar-refractivity contribution in [2.24, 2.45) is 0 Å². The Bertz CT molecular complexity index is 992.